The van der Waals surface area contributed by atoms with Crippen LogP contribution >= 0.6 is 0 Å². The monoisotopic (exact) mass is 283 g/mol. The third-order valence-corrected chi connectivity index (χ3v) is 3.38. The molecule has 2 atom stereocenters. The highest BCUT2D eigenvalue weighted by Crippen LogP contribution is 2.27. The van der Waals surface area contributed by atoms with Crippen LogP contribution in [0.1, 0.15) is 46.5 Å². The van der Waals surface area contributed by atoms with Crippen LogP contribution in [-0.2, 0) is 9.53 Å². The van der Waals surface area contributed by atoms with E-state index in [1.807, 2.05) is 20.8 Å². The maximum absolute atomic E-state index is 12.2. The van der Waals surface area contributed by atoms with Crippen LogP contribution in [0.25, 0.3) is 0 Å². The average molecular weight is 283 g/mol. The Labute approximate surface area is 120 Å². The number of hydrogen-bond donors (Lipinski definition) is 1. The van der Waals surface area contributed by atoms with Gasteiger partial charge in [-0.2, -0.15) is 0 Å². The summed E-state index contributed by atoms with van der Waals surface area (Å²) in [5.41, 5.74) is -0.573. The van der Waals surface area contributed by atoms with Crippen LogP contribution in [0.5, 0.6) is 0 Å². The van der Waals surface area contributed by atoms with Gasteiger partial charge in [0.25, 0.3) is 0 Å². The molecule has 1 heterocycles. The van der Waals surface area contributed by atoms with E-state index in [9.17, 15) is 14.7 Å². The van der Waals surface area contributed by atoms with E-state index >= 15 is 0 Å². The Morgan fingerprint density at radius 1 is 1.45 bits per heavy atom. The number of piperidine rings is 1. The van der Waals surface area contributed by atoms with E-state index in [1.165, 1.54) is 0 Å². The van der Waals surface area contributed by atoms with Crippen LogP contribution in [0.15, 0.2) is 12.7 Å². The largest absolute Gasteiger partial charge is 0.481 e. The first kappa shape index (κ1) is 16.5. The van der Waals surface area contributed by atoms with Gasteiger partial charge in [0, 0.05) is 12.6 Å². The van der Waals surface area contributed by atoms with Gasteiger partial charge in [0.05, 0.1) is 5.92 Å². The molecule has 0 aromatic rings. The molecule has 0 aromatic carbocycles. The summed E-state index contributed by atoms with van der Waals surface area (Å²) < 4.78 is 5.38. The molecule has 0 aromatic heterocycles. The maximum atomic E-state index is 12.2. The summed E-state index contributed by atoms with van der Waals surface area (Å²) in [4.78, 5) is 25.2. The standard InChI is InChI=1S/C15H25NO4/c1-5-8-11(13(17)18)12-9-6-7-10-16(12)14(19)20-15(2,3)4/h5,11-12H,1,6-10H2,2-4H3,(H,17,18)/t11-,12+/m1/s1. The number of likely N-dealkylation sites (tertiary alicyclic amines) is 1. The number of nitrogens with zero attached hydrogens (tertiary/aromatic N) is 1. The molecule has 1 saturated heterocycles. The molecule has 20 heavy (non-hydrogen) atoms. The maximum Gasteiger partial charge on any atom is 0.410 e. The van der Waals surface area contributed by atoms with Crippen molar-refractivity contribution in [2.45, 2.75) is 58.1 Å². The van der Waals surface area contributed by atoms with Crippen LogP contribution in [0.2, 0.25) is 0 Å². The minimum atomic E-state index is -0.884. The van der Waals surface area contributed by atoms with Crippen molar-refractivity contribution >= 4 is 12.1 Å². The Morgan fingerprint density at radius 2 is 2.10 bits per heavy atom. The Kier molecular flexibility index (Phi) is 5.60. The molecule has 5 heteroatoms. The first-order valence-electron chi connectivity index (χ1n) is 7.09. The van der Waals surface area contributed by atoms with Gasteiger partial charge < -0.3 is 14.7 Å². The average Bonchev–Trinajstić information content (AvgIpc) is 2.33. The molecular formula is C15H25NO4. The van der Waals surface area contributed by atoms with Gasteiger partial charge in [0.2, 0.25) is 0 Å². The predicted molar refractivity (Wildman–Crippen MR) is 76.5 cm³/mol. The van der Waals surface area contributed by atoms with Crippen LogP contribution in [0, 0.1) is 5.92 Å². The van der Waals surface area contributed by atoms with Crippen LogP contribution < -0.4 is 0 Å². The molecule has 1 N–H and O–H groups in total. The molecule has 1 aliphatic rings. The molecule has 1 fully saturated rings. The highest BCUT2D eigenvalue weighted by Gasteiger charge is 2.37. The summed E-state index contributed by atoms with van der Waals surface area (Å²) in [6, 6.07) is -0.311. The van der Waals surface area contributed by atoms with Crippen LogP contribution in [0.4, 0.5) is 4.79 Å². The number of carboxylic acid groups (broad SMARTS) is 1. The Morgan fingerprint density at radius 3 is 2.60 bits per heavy atom. The van der Waals surface area contributed by atoms with Crippen molar-refractivity contribution in [2.75, 3.05) is 6.54 Å². The molecule has 1 amide bonds. The third-order valence-electron chi connectivity index (χ3n) is 3.38. The summed E-state index contributed by atoms with van der Waals surface area (Å²) in [6.45, 7) is 9.59. The zero-order valence-corrected chi connectivity index (χ0v) is 12.6. The van der Waals surface area contributed by atoms with E-state index in [0.717, 1.165) is 12.8 Å². The zero-order valence-electron chi connectivity index (χ0n) is 12.6. The highest BCUT2D eigenvalue weighted by molar-refractivity contribution is 5.74. The Bertz CT molecular complexity index is 373. The lowest BCUT2D eigenvalue weighted by molar-refractivity contribution is -0.144. The van der Waals surface area contributed by atoms with E-state index in [4.69, 9.17) is 4.74 Å². The van der Waals surface area contributed by atoms with Crippen molar-refractivity contribution < 1.29 is 19.4 Å². The minimum Gasteiger partial charge on any atom is -0.481 e. The smallest absolute Gasteiger partial charge is 0.410 e. The van der Waals surface area contributed by atoms with Gasteiger partial charge in [-0.05, 0) is 46.5 Å². The van der Waals surface area contributed by atoms with Gasteiger partial charge in [-0.25, -0.2) is 4.79 Å². The van der Waals surface area contributed by atoms with E-state index in [2.05, 4.69) is 6.58 Å². The number of carboxylic acids is 1. The molecule has 0 spiro atoms. The summed E-state index contributed by atoms with van der Waals surface area (Å²) in [5.74, 6) is -1.49. The number of carbonyl (C=O) groups excluding carboxylic acids is 1. The molecular weight excluding hydrogens is 258 g/mol. The first-order chi connectivity index (χ1) is 9.26. The number of aliphatic carboxylic acids is 1. The number of ether oxygens (including phenoxy) is 1. The summed E-state index contributed by atoms with van der Waals surface area (Å²) in [7, 11) is 0. The van der Waals surface area contributed by atoms with Crippen molar-refractivity contribution in [3.05, 3.63) is 12.7 Å². The topological polar surface area (TPSA) is 66.8 Å². The number of hydrogen-bond acceptors (Lipinski definition) is 3. The second-order valence-corrected chi connectivity index (χ2v) is 6.21. The number of allylic oxidation sites excluding steroid dienone is 1. The third kappa shape index (κ3) is 4.54. The van der Waals surface area contributed by atoms with Crippen LogP contribution in [0.3, 0.4) is 0 Å². The lowest BCUT2D eigenvalue weighted by Crippen LogP contribution is -2.51. The second kappa shape index (κ2) is 6.77. The van der Waals surface area contributed by atoms with Gasteiger partial charge in [-0.3, -0.25) is 4.79 Å². The lowest BCUT2D eigenvalue weighted by Gasteiger charge is -2.39. The lowest BCUT2D eigenvalue weighted by atomic mass is 9.88. The quantitative estimate of drug-likeness (QED) is 0.805. The number of carbonyl (C=O) groups is 2. The summed E-state index contributed by atoms with van der Waals surface area (Å²) >= 11 is 0. The molecule has 0 unspecified atom stereocenters. The van der Waals surface area contributed by atoms with Gasteiger partial charge in [0.15, 0.2) is 0 Å². The zero-order chi connectivity index (χ0) is 15.3. The predicted octanol–water partition coefficient (Wildman–Crippen LogP) is 3.05. The second-order valence-electron chi connectivity index (χ2n) is 6.21. The molecule has 5 nitrogen and oxygen atoms in total. The van der Waals surface area contributed by atoms with Crippen molar-refractivity contribution in [1.82, 2.24) is 4.90 Å². The molecule has 114 valence electrons. The Balaban J connectivity index is 2.87. The van der Waals surface area contributed by atoms with E-state index in [0.29, 0.717) is 19.4 Å². The van der Waals surface area contributed by atoms with Gasteiger partial charge in [-0.1, -0.05) is 6.08 Å². The van der Waals surface area contributed by atoms with E-state index in [1.54, 1.807) is 11.0 Å². The fourth-order valence-corrected chi connectivity index (χ4v) is 2.52. The molecule has 0 saturated carbocycles. The minimum absolute atomic E-state index is 0.311. The SMILES string of the molecule is C=CC[C@@H](C(=O)O)[C@@H]1CCCCN1C(=O)OC(C)(C)C. The van der Waals surface area contributed by atoms with Gasteiger partial charge in [0.1, 0.15) is 5.60 Å². The number of amides is 1. The van der Waals surface area contributed by atoms with Crippen molar-refractivity contribution in [2.24, 2.45) is 5.92 Å². The van der Waals surface area contributed by atoms with Gasteiger partial charge in [-0.15, -0.1) is 6.58 Å². The fourth-order valence-electron chi connectivity index (χ4n) is 2.52. The summed E-state index contributed by atoms with van der Waals surface area (Å²) in [6.07, 6.45) is 4.06. The van der Waals surface area contributed by atoms with E-state index < -0.39 is 23.6 Å². The van der Waals surface area contributed by atoms with Crippen LogP contribution in [-0.4, -0.2) is 40.3 Å². The molecule has 0 bridgehead atoms. The molecule has 0 aliphatic carbocycles. The normalized spacial score (nSPS) is 21.1. The van der Waals surface area contributed by atoms with Crippen molar-refractivity contribution in [3.63, 3.8) is 0 Å². The van der Waals surface area contributed by atoms with E-state index in [-0.39, 0.29) is 6.04 Å². The number of rotatable bonds is 4. The highest BCUT2D eigenvalue weighted by atomic mass is 16.6. The molecule has 0 radical (unpaired) electrons. The van der Waals surface area contributed by atoms with Gasteiger partial charge >= 0.3 is 12.1 Å². The summed E-state index contributed by atoms with van der Waals surface area (Å²) in [5, 5.41) is 9.36. The van der Waals surface area contributed by atoms with Crippen molar-refractivity contribution in [1.29, 1.82) is 0 Å². The van der Waals surface area contributed by atoms with Crippen molar-refractivity contribution in [3.8, 4) is 0 Å². The first-order valence-corrected chi connectivity index (χ1v) is 7.09. The molecule has 1 aliphatic heterocycles. The molecule has 1 rings (SSSR count). The fraction of sp³-hybridized carbons (Fsp3) is 0.733. The Hall–Kier alpha value is -1.52.